The minimum Gasteiger partial charge on any atom is -0.303 e. The molecule has 1 heterocycles. The molecule has 1 aromatic rings. The van der Waals surface area contributed by atoms with Crippen LogP contribution in [0.1, 0.15) is 30.4 Å². The first-order valence-corrected chi connectivity index (χ1v) is 6.81. The first-order valence-electron chi connectivity index (χ1n) is 6.81. The van der Waals surface area contributed by atoms with E-state index in [0.717, 1.165) is 49.9 Å². The van der Waals surface area contributed by atoms with Gasteiger partial charge in [-0.3, -0.25) is 4.90 Å². The van der Waals surface area contributed by atoms with E-state index in [9.17, 15) is 18.0 Å². The van der Waals surface area contributed by atoms with Crippen molar-refractivity contribution in [1.29, 1.82) is 0 Å². The van der Waals surface area contributed by atoms with Gasteiger partial charge in [-0.2, -0.15) is 13.2 Å². The van der Waals surface area contributed by atoms with Crippen LogP contribution in [0.2, 0.25) is 0 Å². The van der Waals surface area contributed by atoms with Gasteiger partial charge in [0.1, 0.15) is 6.29 Å². The van der Waals surface area contributed by atoms with Gasteiger partial charge >= 0.3 is 6.18 Å². The first kappa shape index (κ1) is 15.0. The lowest BCUT2D eigenvalue weighted by molar-refractivity contribution is -0.137. The molecule has 1 saturated heterocycles. The highest BCUT2D eigenvalue weighted by Gasteiger charge is 2.30. The number of aldehydes is 1. The van der Waals surface area contributed by atoms with E-state index in [1.54, 1.807) is 0 Å². The van der Waals surface area contributed by atoms with Gasteiger partial charge in [0.2, 0.25) is 0 Å². The van der Waals surface area contributed by atoms with Crippen LogP contribution in [-0.4, -0.2) is 24.3 Å². The van der Waals surface area contributed by atoms with Crippen LogP contribution >= 0.6 is 0 Å². The molecule has 2 rings (SSSR count). The van der Waals surface area contributed by atoms with Crippen molar-refractivity contribution in [3.63, 3.8) is 0 Å². The highest BCUT2D eigenvalue weighted by Crippen LogP contribution is 2.29. The fourth-order valence-electron chi connectivity index (χ4n) is 2.68. The normalized spacial score (nSPS) is 20.9. The van der Waals surface area contributed by atoms with E-state index in [-0.39, 0.29) is 0 Å². The highest BCUT2D eigenvalue weighted by molar-refractivity contribution is 5.49. The number of likely N-dealkylation sites (tertiary alicyclic amines) is 1. The van der Waals surface area contributed by atoms with E-state index in [1.807, 2.05) is 0 Å². The Kier molecular flexibility index (Phi) is 4.81. The number of rotatable bonds is 4. The van der Waals surface area contributed by atoms with Gasteiger partial charge in [0.25, 0.3) is 0 Å². The van der Waals surface area contributed by atoms with Crippen molar-refractivity contribution in [1.82, 2.24) is 4.90 Å². The fourth-order valence-corrected chi connectivity index (χ4v) is 2.68. The summed E-state index contributed by atoms with van der Waals surface area (Å²) in [5.74, 6) is 0.385. The van der Waals surface area contributed by atoms with Gasteiger partial charge in [-0.05, 0) is 43.0 Å². The number of carbonyl (C=O) groups is 1. The summed E-state index contributed by atoms with van der Waals surface area (Å²) in [6.45, 7) is 2.43. The maximum absolute atomic E-state index is 12.5. The Morgan fingerprint density at radius 1 is 1.25 bits per heavy atom. The molecule has 1 atom stereocenters. The van der Waals surface area contributed by atoms with Crippen LogP contribution in [-0.2, 0) is 17.5 Å². The molecule has 110 valence electrons. The van der Waals surface area contributed by atoms with E-state index in [1.165, 1.54) is 12.1 Å². The molecule has 0 spiro atoms. The standard InChI is InChI=1S/C15H18F3NO/c16-15(17,18)14-5-3-13(4-6-14)11-19-8-1-2-12(10-19)7-9-20/h3-6,9,12H,1-2,7-8,10-11H2. The topological polar surface area (TPSA) is 20.3 Å². The van der Waals surface area contributed by atoms with Gasteiger partial charge in [-0.25, -0.2) is 0 Å². The second-order valence-electron chi connectivity index (χ2n) is 5.34. The minimum absolute atomic E-state index is 0.385. The van der Waals surface area contributed by atoms with E-state index < -0.39 is 11.7 Å². The maximum atomic E-state index is 12.5. The number of carbonyl (C=O) groups excluding carboxylic acids is 1. The smallest absolute Gasteiger partial charge is 0.303 e. The average Bonchev–Trinajstić information content (AvgIpc) is 2.39. The molecule has 0 radical (unpaired) electrons. The molecular formula is C15H18F3NO. The Bertz CT molecular complexity index is 441. The molecule has 1 unspecified atom stereocenters. The second kappa shape index (κ2) is 6.39. The number of hydrogen-bond acceptors (Lipinski definition) is 2. The van der Waals surface area contributed by atoms with Crippen LogP contribution in [0.4, 0.5) is 13.2 Å². The Balaban J connectivity index is 1.94. The summed E-state index contributed by atoms with van der Waals surface area (Å²) in [6.07, 6.45) is -0.657. The Morgan fingerprint density at radius 2 is 1.95 bits per heavy atom. The minimum atomic E-state index is -4.28. The van der Waals surface area contributed by atoms with Gasteiger partial charge in [0, 0.05) is 19.5 Å². The maximum Gasteiger partial charge on any atom is 0.416 e. The molecule has 1 fully saturated rings. The summed E-state index contributed by atoms with van der Waals surface area (Å²) in [5, 5.41) is 0. The van der Waals surface area contributed by atoms with Crippen LogP contribution in [0.3, 0.4) is 0 Å². The van der Waals surface area contributed by atoms with Gasteiger partial charge < -0.3 is 4.79 Å². The van der Waals surface area contributed by atoms with Crippen molar-refractivity contribution in [2.75, 3.05) is 13.1 Å². The zero-order valence-electron chi connectivity index (χ0n) is 11.2. The molecule has 1 aliphatic heterocycles. The molecule has 1 aromatic carbocycles. The zero-order chi connectivity index (χ0) is 14.6. The van der Waals surface area contributed by atoms with Crippen LogP contribution in [0.25, 0.3) is 0 Å². The molecule has 0 aromatic heterocycles. The van der Waals surface area contributed by atoms with Crippen molar-refractivity contribution in [3.05, 3.63) is 35.4 Å². The molecule has 0 aliphatic carbocycles. The molecular weight excluding hydrogens is 267 g/mol. The lowest BCUT2D eigenvalue weighted by Gasteiger charge is -2.32. The van der Waals surface area contributed by atoms with Crippen molar-refractivity contribution >= 4 is 6.29 Å². The molecule has 5 heteroatoms. The predicted octanol–water partition coefficient (Wildman–Crippen LogP) is 3.51. The summed E-state index contributed by atoms with van der Waals surface area (Å²) >= 11 is 0. The summed E-state index contributed by atoms with van der Waals surface area (Å²) in [5.41, 5.74) is 0.267. The predicted molar refractivity (Wildman–Crippen MR) is 70.1 cm³/mol. The van der Waals surface area contributed by atoms with E-state index >= 15 is 0 Å². The van der Waals surface area contributed by atoms with Gasteiger partial charge in [-0.1, -0.05) is 12.1 Å². The molecule has 1 aliphatic rings. The zero-order valence-corrected chi connectivity index (χ0v) is 11.2. The van der Waals surface area contributed by atoms with Crippen LogP contribution in [0, 0.1) is 5.92 Å². The number of piperidine rings is 1. The molecule has 2 nitrogen and oxygen atoms in total. The summed E-state index contributed by atoms with van der Waals surface area (Å²) in [6, 6.07) is 5.32. The van der Waals surface area contributed by atoms with E-state index in [4.69, 9.17) is 0 Å². The van der Waals surface area contributed by atoms with Crippen molar-refractivity contribution in [2.45, 2.75) is 32.0 Å². The van der Waals surface area contributed by atoms with Gasteiger partial charge in [-0.15, -0.1) is 0 Å². The summed E-state index contributed by atoms with van der Waals surface area (Å²) in [7, 11) is 0. The second-order valence-corrected chi connectivity index (χ2v) is 5.34. The lowest BCUT2D eigenvalue weighted by atomic mass is 9.95. The fraction of sp³-hybridized carbons (Fsp3) is 0.533. The molecule has 0 bridgehead atoms. The molecule has 0 saturated carbocycles. The van der Waals surface area contributed by atoms with Crippen LogP contribution in [0.5, 0.6) is 0 Å². The lowest BCUT2D eigenvalue weighted by Crippen LogP contribution is -2.35. The molecule has 0 N–H and O–H groups in total. The SMILES string of the molecule is O=CCC1CCCN(Cc2ccc(C(F)(F)F)cc2)C1. The van der Waals surface area contributed by atoms with Crippen LogP contribution < -0.4 is 0 Å². The number of alkyl halides is 3. The average molecular weight is 285 g/mol. The van der Waals surface area contributed by atoms with Gasteiger partial charge in [0.15, 0.2) is 0 Å². The first-order chi connectivity index (χ1) is 9.49. The third-order valence-electron chi connectivity index (χ3n) is 3.72. The largest absolute Gasteiger partial charge is 0.416 e. The molecule has 20 heavy (non-hydrogen) atoms. The van der Waals surface area contributed by atoms with Crippen molar-refractivity contribution < 1.29 is 18.0 Å². The van der Waals surface area contributed by atoms with Crippen molar-refractivity contribution in [2.24, 2.45) is 5.92 Å². The quantitative estimate of drug-likeness (QED) is 0.789. The van der Waals surface area contributed by atoms with E-state index in [2.05, 4.69) is 4.90 Å². The number of hydrogen-bond donors (Lipinski definition) is 0. The van der Waals surface area contributed by atoms with Crippen LogP contribution in [0.15, 0.2) is 24.3 Å². The third-order valence-corrected chi connectivity index (χ3v) is 3.72. The third kappa shape index (κ3) is 4.07. The Labute approximate surface area is 116 Å². The Morgan fingerprint density at radius 3 is 2.55 bits per heavy atom. The Hall–Kier alpha value is -1.36. The number of nitrogens with zero attached hydrogens (tertiary/aromatic N) is 1. The summed E-state index contributed by atoms with van der Waals surface area (Å²) in [4.78, 5) is 12.8. The summed E-state index contributed by atoms with van der Waals surface area (Å²) < 4.78 is 37.4. The van der Waals surface area contributed by atoms with Crippen molar-refractivity contribution in [3.8, 4) is 0 Å². The highest BCUT2D eigenvalue weighted by atomic mass is 19.4. The monoisotopic (exact) mass is 285 g/mol. The number of halogens is 3. The van der Waals surface area contributed by atoms with E-state index in [0.29, 0.717) is 18.9 Å². The number of benzene rings is 1. The van der Waals surface area contributed by atoms with Gasteiger partial charge in [0.05, 0.1) is 5.56 Å². The molecule has 0 amide bonds.